The van der Waals surface area contributed by atoms with Crippen LogP contribution in [0.1, 0.15) is 46.5 Å². The third-order valence-corrected chi connectivity index (χ3v) is 3.72. The summed E-state index contributed by atoms with van der Waals surface area (Å²) in [7, 11) is 0. The SMILES string of the molecule is CCC1=C=C(C)C(C)C[C@H]1C1CC1. The van der Waals surface area contributed by atoms with Crippen LogP contribution in [0, 0.1) is 17.8 Å². The molecule has 0 heterocycles. The minimum absolute atomic E-state index is 0.779. The molecule has 0 nitrogen and oxygen atoms in total. The molecular formula is C13H20. The van der Waals surface area contributed by atoms with Gasteiger partial charge in [0.2, 0.25) is 0 Å². The minimum Gasteiger partial charge on any atom is -0.122 e. The topological polar surface area (TPSA) is 0 Å². The van der Waals surface area contributed by atoms with Gasteiger partial charge in [-0.05, 0) is 61.5 Å². The molecule has 0 aliphatic heterocycles. The fraction of sp³-hybridized carbons (Fsp3) is 0.769. The van der Waals surface area contributed by atoms with Crippen LogP contribution in [-0.2, 0) is 0 Å². The molecule has 0 radical (unpaired) electrons. The monoisotopic (exact) mass is 176 g/mol. The van der Waals surface area contributed by atoms with Crippen LogP contribution in [0.4, 0.5) is 0 Å². The van der Waals surface area contributed by atoms with Crippen LogP contribution in [-0.4, -0.2) is 0 Å². The van der Waals surface area contributed by atoms with Crippen LogP contribution in [0.2, 0.25) is 0 Å². The number of rotatable bonds is 2. The highest BCUT2D eigenvalue weighted by atomic mass is 14.4. The predicted octanol–water partition coefficient (Wildman–Crippen LogP) is 3.93. The van der Waals surface area contributed by atoms with Crippen LogP contribution >= 0.6 is 0 Å². The molecule has 2 aliphatic carbocycles. The van der Waals surface area contributed by atoms with Crippen molar-refractivity contribution in [3.63, 3.8) is 0 Å². The Morgan fingerprint density at radius 3 is 2.62 bits per heavy atom. The van der Waals surface area contributed by atoms with E-state index in [0.29, 0.717) is 0 Å². The van der Waals surface area contributed by atoms with Gasteiger partial charge in [0.25, 0.3) is 0 Å². The zero-order chi connectivity index (χ0) is 9.42. The van der Waals surface area contributed by atoms with E-state index in [1.54, 1.807) is 5.57 Å². The maximum Gasteiger partial charge on any atom is -0.00931 e. The van der Waals surface area contributed by atoms with E-state index in [0.717, 1.165) is 17.8 Å². The van der Waals surface area contributed by atoms with Gasteiger partial charge in [0, 0.05) is 0 Å². The molecule has 1 saturated carbocycles. The van der Waals surface area contributed by atoms with E-state index in [4.69, 9.17) is 0 Å². The molecule has 0 saturated heterocycles. The van der Waals surface area contributed by atoms with E-state index < -0.39 is 0 Å². The molecule has 0 aromatic rings. The van der Waals surface area contributed by atoms with Gasteiger partial charge >= 0.3 is 0 Å². The molecule has 13 heavy (non-hydrogen) atoms. The van der Waals surface area contributed by atoms with Crippen molar-refractivity contribution < 1.29 is 0 Å². The summed E-state index contributed by atoms with van der Waals surface area (Å²) in [5, 5.41) is 0. The molecule has 0 amide bonds. The molecule has 0 N–H and O–H groups in total. The first kappa shape index (κ1) is 9.09. The first-order valence-electron chi connectivity index (χ1n) is 5.68. The Balaban J connectivity index is 2.26. The zero-order valence-corrected chi connectivity index (χ0v) is 9.06. The normalized spacial score (nSPS) is 34.1. The molecule has 0 spiro atoms. The van der Waals surface area contributed by atoms with Crippen LogP contribution < -0.4 is 0 Å². The Bertz CT molecular complexity index is 262. The molecule has 0 heteroatoms. The van der Waals surface area contributed by atoms with Crippen molar-refractivity contribution in [2.75, 3.05) is 0 Å². The molecule has 1 unspecified atom stereocenters. The Hall–Kier alpha value is -0.480. The smallest absolute Gasteiger partial charge is 0.00931 e. The van der Waals surface area contributed by atoms with Gasteiger partial charge in [-0.2, -0.15) is 0 Å². The van der Waals surface area contributed by atoms with Gasteiger partial charge in [-0.3, -0.25) is 0 Å². The summed E-state index contributed by atoms with van der Waals surface area (Å²) in [5.74, 6) is 2.70. The number of hydrogen-bond donors (Lipinski definition) is 0. The Labute approximate surface area is 81.7 Å². The number of allylic oxidation sites excluding steroid dienone is 1. The van der Waals surface area contributed by atoms with Gasteiger partial charge in [-0.1, -0.05) is 13.8 Å². The fourth-order valence-corrected chi connectivity index (χ4v) is 2.50. The molecule has 0 bridgehead atoms. The maximum atomic E-state index is 3.62. The molecule has 2 aliphatic rings. The highest BCUT2D eigenvalue weighted by molar-refractivity contribution is 5.19. The van der Waals surface area contributed by atoms with Crippen molar-refractivity contribution >= 4 is 0 Å². The van der Waals surface area contributed by atoms with E-state index in [9.17, 15) is 0 Å². The third-order valence-electron chi connectivity index (χ3n) is 3.72. The lowest BCUT2D eigenvalue weighted by molar-refractivity contribution is 0.411. The van der Waals surface area contributed by atoms with Gasteiger partial charge < -0.3 is 0 Å². The van der Waals surface area contributed by atoms with E-state index >= 15 is 0 Å². The molecule has 0 aromatic heterocycles. The summed E-state index contributed by atoms with van der Waals surface area (Å²) < 4.78 is 0. The Morgan fingerprint density at radius 1 is 1.38 bits per heavy atom. The van der Waals surface area contributed by atoms with Crippen LogP contribution in [0.5, 0.6) is 0 Å². The maximum absolute atomic E-state index is 3.62. The van der Waals surface area contributed by atoms with Crippen molar-refractivity contribution in [2.24, 2.45) is 17.8 Å². The van der Waals surface area contributed by atoms with Gasteiger partial charge in [-0.25, -0.2) is 0 Å². The molecule has 1 fully saturated rings. The van der Waals surface area contributed by atoms with E-state index in [2.05, 4.69) is 26.5 Å². The Morgan fingerprint density at radius 2 is 2.08 bits per heavy atom. The third kappa shape index (κ3) is 1.74. The second-order valence-corrected chi connectivity index (χ2v) is 4.77. The molecule has 2 rings (SSSR count). The highest BCUT2D eigenvalue weighted by Crippen LogP contribution is 2.46. The van der Waals surface area contributed by atoms with Gasteiger partial charge in [0.15, 0.2) is 0 Å². The molecule has 0 aromatic carbocycles. The van der Waals surface area contributed by atoms with E-state index in [1.165, 1.54) is 31.3 Å². The summed E-state index contributed by atoms with van der Waals surface area (Å²) >= 11 is 0. The summed E-state index contributed by atoms with van der Waals surface area (Å²) in [5.41, 5.74) is 6.71. The lowest BCUT2D eigenvalue weighted by Crippen LogP contribution is -2.15. The largest absolute Gasteiger partial charge is 0.122 e. The van der Waals surface area contributed by atoms with Crippen molar-refractivity contribution in [1.82, 2.24) is 0 Å². The van der Waals surface area contributed by atoms with Crippen molar-refractivity contribution in [3.8, 4) is 0 Å². The van der Waals surface area contributed by atoms with Crippen molar-refractivity contribution in [1.29, 1.82) is 0 Å². The summed E-state index contributed by atoms with van der Waals surface area (Å²) in [6.07, 6.45) is 5.56. The highest BCUT2D eigenvalue weighted by Gasteiger charge is 2.35. The van der Waals surface area contributed by atoms with Crippen molar-refractivity contribution in [2.45, 2.75) is 46.5 Å². The lowest BCUT2D eigenvalue weighted by atomic mass is 9.78. The molecular weight excluding hydrogens is 156 g/mol. The van der Waals surface area contributed by atoms with Gasteiger partial charge in [-0.15, -0.1) is 5.73 Å². The first-order valence-corrected chi connectivity index (χ1v) is 5.68. The van der Waals surface area contributed by atoms with E-state index in [1.807, 2.05) is 0 Å². The average molecular weight is 176 g/mol. The lowest BCUT2D eigenvalue weighted by Gasteiger charge is -2.26. The quantitative estimate of drug-likeness (QED) is 0.559. The first-order chi connectivity index (χ1) is 6.22. The minimum atomic E-state index is 0.779. The predicted molar refractivity (Wildman–Crippen MR) is 56.5 cm³/mol. The van der Waals surface area contributed by atoms with Gasteiger partial charge in [0.05, 0.1) is 0 Å². The average Bonchev–Trinajstić information content (AvgIpc) is 2.92. The van der Waals surface area contributed by atoms with Crippen LogP contribution in [0.15, 0.2) is 16.9 Å². The fourth-order valence-electron chi connectivity index (χ4n) is 2.50. The molecule has 72 valence electrons. The van der Waals surface area contributed by atoms with Gasteiger partial charge in [0.1, 0.15) is 0 Å². The molecule has 2 atom stereocenters. The van der Waals surface area contributed by atoms with Crippen molar-refractivity contribution in [3.05, 3.63) is 16.9 Å². The van der Waals surface area contributed by atoms with Crippen LogP contribution in [0.3, 0.4) is 0 Å². The zero-order valence-electron chi connectivity index (χ0n) is 9.06. The summed E-state index contributed by atoms with van der Waals surface area (Å²) in [6.45, 7) is 6.87. The second kappa shape index (κ2) is 3.35. The Kier molecular flexibility index (Phi) is 2.34. The standard InChI is InChI=1S/C13H20/c1-4-11-7-9(2)10(3)8-13(11)12-5-6-12/h10,12-13H,4-6,8H2,1-3H3/t10?,13-/m1/s1. The second-order valence-electron chi connectivity index (χ2n) is 4.77. The number of hydrogen-bond acceptors (Lipinski definition) is 0. The van der Waals surface area contributed by atoms with Crippen LogP contribution in [0.25, 0.3) is 0 Å². The summed E-state index contributed by atoms with van der Waals surface area (Å²) in [4.78, 5) is 0. The summed E-state index contributed by atoms with van der Waals surface area (Å²) in [6, 6.07) is 0. The van der Waals surface area contributed by atoms with E-state index in [-0.39, 0.29) is 0 Å².